The Labute approximate surface area is 199 Å². The lowest BCUT2D eigenvalue weighted by molar-refractivity contribution is 0.962. The maximum Gasteiger partial charge on any atom is 0.286 e. The monoisotopic (exact) mass is 463 g/mol. The minimum absolute atomic E-state index is 0.245. The molecule has 0 amide bonds. The highest BCUT2D eigenvalue weighted by Gasteiger charge is 2.19. The normalized spacial score (nSPS) is 11.2. The largest absolute Gasteiger partial charge is 0.361 e. The van der Waals surface area contributed by atoms with Gasteiger partial charge in [-0.05, 0) is 54.1 Å². The minimum Gasteiger partial charge on any atom is -0.361 e. The Balaban J connectivity index is 1.61. The van der Waals surface area contributed by atoms with Gasteiger partial charge in [0.25, 0.3) is 5.56 Å². The standard InChI is InChI=1S/C27H18ClN5O/c28-20-12-14-22(15-13-20)33-25(19-10-8-18(9-11-19)23-7-4-16-29-23)31-26-24(27(33)34)30-17-32(26)21-5-2-1-3-6-21/h1-17,29H. The number of nitrogens with zero attached hydrogens (tertiary/aromatic N) is 4. The number of imidazole rings is 1. The van der Waals surface area contributed by atoms with Gasteiger partial charge in [0.2, 0.25) is 0 Å². The number of hydrogen-bond acceptors (Lipinski definition) is 3. The van der Waals surface area contributed by atoms with Gasteiger partial charge in [0.1, 0.15) is 12.2 Å². The molecule has 3 aromatic heterocycles. The highest BCUT2D eigenvalue weighted by atomic mass is 35.5. The van der Waals surface area contributed by atoms with E-state index in [-0.39, 0.29) is 5.56 Å². The summed E-state index contributed by atoms with van der Waals surface area (Å²) in [6.45, 7) is 0. The van der Waals surface area contributed by atoms with Crippen molar-refractivity contribution in [1.29, 1.82) is 0 Å². The molecule has 0 atom stereocenters. The molecule has 3 aromatic carbocycles. The second kappa shape index (κ2) is 8.17. The predicted molar refractivity (Wildman–Crippen MR) is 135 cm³/mol. The van der Waals surface area contributed by atoms with Crippen molar-refractivity contribution in [2.75, 3.05) is 0 Å². The molecule has 0 aliphatic heterocycles. The lowest BCUT2D eigenvalue weighted by Crippen LogP contribution is -2.22. The van der Waals surface area contributed by atoms with Crippen LogP contribution in [0.5, 0.6) is 0 Å². The smallest absolute Gasteiger partial charge is 0.286 e. The molecule has 6 aromatic rings. The van der Waals surface area contributed by atoms with Crippen LogP contribution in [-0.2, 0) is 0 Å². The Kier molecular flexibility index (Phi) is 4.86. The first-order valence-corrected chi connectivity index (χ1v) is 11.1. The van der Waals surface area contributed by atoms with Gasteiger partial charge in [-0.3, -0.25) is 13.9 Å². The van der Waals surface area contributed by atoms with Gasteiger partial charge in [-0.2, -0.15) is 0 Å². The van der Waals surface area contributed by atoms with Crippen molar-refractivity contribution < 1.29 is 0 Å². The van der Waals surface area contributed by atoms with Gasteiger partial charge in [0.05, 0.1) is 5.69 Å². The van der Waals surface area contributed by atoms with Crippen molar-refractivity contribution >= 4 is 22.8 Å². The molecule has 0 radical (unpaired) electrons. The first-order chi connectivity index (χ1) is 16.7. The second-order valence-corrected chi connectivity index (χ2v) is 8.27. The van der Waals surface area contributed by atoms with Crippen LogP contribution in [0.25, 0.3) is 45.2 Å². The Morgan fingerprint density at radius 1 is 0.765 bits per heavy atom. The van der Waals surface area contributed by atoms with Crippen molar-refractivity contribution in [3.63, 3.8) is 0 Å². The van der Waals surface area contributed by atoms with E-state index in [4.69, 9.17) is 16.6 Å². The van der Waals surface area contributed by atoms with Gasteiger partial charge in [0.15, 0.2) is 11.2 Å². The fourth-order valence-corrected chi connectivity index (χ4v) is 4.19. The molecule has 0 saturated carbocycles. The summed E-state index contributed by atoms with van der Waals surface area (Å²) < 4.78 is 3.42. The maximum absolute atomic E-state index is 13.7. The highest BCUT2D eigenvalue weighted by Crippen LogP contribution is 2.26. The fraction of sp³-hybridized carbons (Fsp3) is 0. The van der Waals surface area contributed by atoms with E-state index < -0.39 is 0 Å². The second-order valence-electron chi connectivity index (χ2n) is 7.84. The molecule has 0 aliphatic rings. The van der Waals surface area contributed by atoms with Crippen LogP contribution < -0.4 is 5.56 Å². The predicted octanol–water partition coefficient (Wildman–Crippen LogP) is 5.89. The number of halogens is 1. The van der Waals surface area contributed by atoms with E-state index in [1.165, 1.54) is 0 Å². The van der Waals surface area contributed by atoms with Gasteiger partial charge in [0, 0.05) is 28.2 Å². The summed E-state index contributed by atoms with van der Waals surface area (Å²) in [5.41, 5.74) is 4.98. The van der Waals surface area contributed by atoms with Crippen molar-refractivity contribution in [2.24, 2.45) is 0 Å². The van der Waals surface area contributed by atoms with E-state index in [0.717, 1.165) is 22.5 Å². The molecule has 34 heavy (non-hydrogen) atoms. The molecule has 6 rings (SSSR count). The fourth-order valence-electron chi connectivity index (χ4n) is 4.06. The van der Waals surface area contributed by atoms with Gasteiger partial charge in [-0.25, -0.2) is 9.97 Å². The van der Waals surface area contributed by atoms with Gasteiger partial charge < -0.3 is 4.98 Å². The van der Waals surface area contributed by atoms with Gasteiger partial charge in [-0.1, -0.05) is 54.1 Å². The van der Waals surface area contributed by atoms with E-state index in [1.807, 2.05) is 89.6 Å². The summed E-state index contributed by atoms with van der Waals surface area (Å²) in [7, 11) is 0. The topological polar surface area (TPSA) is 68.5 Å². The number of benzene rings is 3. The summed E-state index contributed by atoms with van der Waals surface area (Å²) in [6, 6.07) is 28.8. The maximum atomic E-state index is 13.7. The SMILES string of the molecule is O=c1c2ncn(-c3ccccc3)c2nc(-c2ccc(-c3ccc[nH]3)cc2)n1-c1ccc(Cl)cc1. The minimum atomic E-state index is -0.245. The third-order valence-electron chi connectivity index (χ3n) is 5.74. The number of aromatic nitrogens is 5. The average Bonchev–Trinajstić information content (AvgIpc) is 3.56. The van der Waals surface area contributed by atoms with Gasteiger partial charge in [-0.15, -0.1) is 0 Å². The summed E-state index contributed by atoms with van der Waals surface area (Å²) in [5.74, 6) is 0.524. The number of hydrogen-bond donors (Lipinski definition) is 1. The van der Waals surface area contributed by atoms with E-state index in [2.05, 4.69) is 9.97 Å². The highest BCUT2D eigenvalue weighted by molar-refractivity contribution is 6.30. The average molecular weight is 464 g/mol. The van der Waals surface area contributed by atoms with Crippen molar-refractivity contribution in [1.82, 2.24) is 24.1 Å². The molecule has 164 valence electrons. The van der Waals surface area contributed by atoms with Crippen molar-refractivity contribution in [3.05, 3.63) is 119 Å². The third kappa shape index (κ3) is 3.41. The Morgan fingerprint density at radius 3 is 2.21 bits per heavy atom. The Morgan fingerprint density at radius 2 is 1.50 bits per heavy atom. The zero-order valence-electron chi connectivity index (χ0n) is 17.9. The summed E-state index contributed by atoms with van der Waals surface area (Å²) in [6.07, 6.45) is 3.53. The summed E-state index contributed by atoms with van der Waals surface area (Å²) in [4.78, 5) is 26.3. The lowest BCUT2D eigenvalue weighted by Gasteiger charge is -2.14. The number of fused-ring (bicyclic) bond motifs is 1. The molecular formula is C27H18ClN5O. The molecule has 0 bridgehead atoms. The first-order valence-electron chi connectivity index (χ1n) is 10.7. The van der Waals surface area contributed by atoms with Crippen LogP contribution in [0.2, 0.25) is 5.02 Å². The summed E-state index contributed by atoms with van der Waals surface area (Å²) in [5, 5.41) is 0.594. The van der Waals surface area contributed by atoms with Crippen LogP contribution in [0.1, 0.15) is 0 Å². The Bertz CT molecular complexity index is 1650. The quantitative estimate of drug-likeness (QED) is 0.354. The first kappa shape index (κ1) is 20.2. The molecule has 7 heteroatoms. The zero-order chi connectivity index (χ0) is 23.1. The zero-order valence-corrected chi connectivity index (χ0v) is 18.6. The molecule has 6 nitrogen and oxygen atoms in total. The van der Waals surface area contributed by atoms with Crippen LogP contribution >= 0.6 is 11.6 Å². The number of nitrogens with one attached hydrogen (secondary N) is 1. The van der Waals surface area contributed by atoms with Crippen LogP contribution in [0.3, 0.4) is 0 Å². The number of H-pyrrole nitrogens is 1. The van der Waals surface area contributed by atoms with E-state index >= 15 is 0 Å². The summed E-state index contributed by atoms with van der Waals surface area (Å²) >= 11 is 6.11. The number of aromatic amines is 1. The molecule has 1 N–H and O–H groups in total. The molecular weight excluding hydrogens is 446 g/mol. The molecule has 0 fully saturated rings. The molecule has 0 unspecified atom stereocenters. The molecule has 0 spiro atoms. The van der Waals surface area contributed by atoms with Crippen LogP contribution in [0.4, 0.5) is 0 Å². The van der Waals surface area contributed by atoms with Crippen LogP contribution in [0, 0.1) is 0 Å². The molecule has 0 saturated heterocycles. The van der Waals surface area contributed by atoms with Crippen molar-refractivity contribution in [3.8, 4) is 34.0 Å². The number of para-hydroxylation sites is 1. The van der Waals surface area contributed by atoms with E-state index in [1.54, 1.807) is 23.0 Å². The van der Waals surface area contributed by atoms with E-state index in [9.17, 15) is 4.79 Å². The Hall–Kier alpha value is -4.42. The number of rotatable bonds is 4. The van der Waals surface area contributed by atoms with Gasteiger partial charge >= 0.3 is 0 Å². The lowest BCUT2D eigenvalue weighted by atomic mass is 10.1. The van der Waals surface area contributed by atoms with Crippen LogP contribution in [-0.4, -0.2) is 24.1 Å². The van der Waals surface area contributed by atoms with E-state index in [0.29, 0.717) is 27.7 Å². The molecule has 0 aliphatic carbocycles. The molecule has 3 heterocycles. The van der Waals surface area contributed by atoms with Crippen molar-refractivity contribution in [2.45, 2.75) is 0 Å². The van der Waals surface area contributed by atoms with Crippen LogP contribution in [0.15, 0.2) is 108 Å². The third-order valence-corrected chi connectivity index (χ3v) is 5.99.